The Bertz CT molecular complexity index is 390. The van der Waals surface area contributed by atoms with E-state index >= 15 is 0 Å². The van der Waals surface area contributed by atoms with Crippen LogP contribution in [-0.2, 0) is 5.41 Å². The Morgan fingerprint density at radius 2 is 2.15 bits per heavy atom. The minimum Gasteiger partial charge on any atom is -0.207 e. The first kappa shape index (κ1) is 8.71. The molecule has 13 heavy (non-hydrogen) atoms. The Morgan fingerprint density at radius 3 is 2.62 bits per heavy atom. The van der Waals surface area contributed by atoms with Gasteiger partial charge in [0.05, 0.1) is 11.5 Å². The van der Waals surface area contributed by atoms with Gasteiger partial charge in [-0.15, -0.1) is 0 Å². The first-order chi connectivity index (χ1) is 6.18. The van der Waals surface area contributed by atoms with Crippen LogP contribution >= 0.6 is 15.9 Å². The third-order valence-electron chi connectivity index (χ3n) is 2.41. The monoisotopic (exact) mass is 239 g/mol. The molecule has 66 valence electrons. The number of rotatable bonds is 1. The summed E-state index contributed by atoms with van der Waals surface area (Å²) in [6.07, 6.45) is 1.77. The van der Waals surface area contributed by atoms with Crippen molar-refractivity contribution < 1.29 is 4.39 Å². The number of hydrogen-bond acceptors (Lipinski definition) is 1. The molecule has 0 aromatic heterocycles. The van der Waals surface area contributed by atoms with Gasteiger partial charge in [-0.25, -0.2) is 4.39 Å². The molecule has 0 aliphatic heterocycles. The van der Waals surface area contributed by atoms with Crippen molar-refractivity contribution in [3.63, 3.8) is 0 Å². The first-order valence-electron chi connectivity index (χ1n) is 4.05. The minimum absolute atomic E-state index is 0.274. The second-order valence-electron chi connectivity index (χ2n) is 3.32. The van der Waals surface area contributed by atoms with Gasteiger partial charge in [-0.2, -0.15) is 5.26 Å². The van der Waals surface area contributed by atoms with Crippen LogP contribution in [0.25, 0.3) is 0 Å². The second kappa shape index (κ2) is 2.81. The van der Waals surface area contributed by atoms with Gasteiger partial charge in [-0.1, -0.05) is 22.0 Å². The average molecular weight is 240 g/mol. The summed E-state index contributed by atoms with van der Waals surface area (Å²) >= 11 is 3.27. The van der Waals surface area contributed by atoms with Crippen molar-refractivity contribution in [1.82, 2.24) is 0 Å². The quantitative estimate of drug-likeness (QED) is 0.739. The van der Waals surface area contributed by atoms with Gasteiger partial charge in [0.25, 0.3) is 0 Å². The van der Waals surface area contributed by atoms with Crippen LogP contribution in [-0.4, -0.2) is 0 Å². The smallest absolute Gasteiger partial charge is 0.124 e. The molecular formula is C10H7BrFN. The van der Waals surface area contributed by atoms with Crippen LogP contribution in [0.1, 0.15) is 18.4 Å². The number of halogens is 2. The van der Waals surface area contributed by atoms with E-state index in [1.165, 1.54) is 12.1 Å². The van der Waals surface area contributed by atoms with E-state index < -0.39 is 0 Å². The third-order valence-corrected chi connectivity index (χ3v) is 3.07. The van der Waals surface area contributed by atoms with Gasteiger partial charge in [0.1, 0.15) is 5.82 Å². The lowest BCUT2D eigenvalue weighted by Crippen LogP contribution is -2.03. The van der Waals surface area contributed by atoms with E-state index in [0.29, 0.717) is 4.47 Å². The zero-order chi connectivity index (χ0) is 9.47. The molecular weight excluding hydrogens is 233 g/mol. The Labute approximate surface area is 84.3 Å². The molecule has 3 heteroatoms. The van der Waals surface area contributed by atoms with E-state index in [2.05, 4.69) is 22.0 Å². The highest BCUT2D eigenvalue weighted by Gasteiger charge is 2.46. The summed E-state index contributed by atoms with van der Waals surface area (Å²) in [4.78, 5) is 0. The summed E-state index contributed by atoms with van der Waals surface area (Å²) < 4.78 is 13.4. The van der Waals surface area contributed by atoms with Gasteiger partial charge in [0, 0.05) is 4.47 Å². The van der Waals surface area contributed by atoms with Crippen LogP contribution in [0.4, 0.5) is 4.39 Å². The predicted molar refractivity (Wildman–Crippen MR) is 50.6 cm³/mol. The molecule has 0 spiro atoms. The predicted octanol–water partition coefficient (Wildman–Crippen LogP) is 3.14. The first-order valence-corrected chi connectivity index (χ1v) is 4.84. The Hall–Kier alpha value is -0.880. The van der Waals surface area contributed by atoms with E-state index in [1.807, 2.05) is 0 Å². The fraction of sp³-hybridized carbons (Fsp3) is 0.300. The molecule has 1 saturated carbocycles. The number of nitrogens with zero attached hydrogens (tertiary/aromatic N) is 1. The average Bonchev–Trinajstić information content (AvgIpc) is 2.85. The van der Waals surface area contributed by atoms with Gasteiger partial charge in [-0.3, -0.25) is 0 Å². The molecule has 0 atom stereocenters. The topological polar surface area (TPSA) is 23.8 Å². The van der Waals surface area contributed by atoms with E-state index in [1.54, 1.807) is 6.07 Å². The van der Waals surface area contributed by atoms with Crippen molar-refractivity contribution in [3.8, 4) is 6.07 Å². The van der Waals surface area contributed by atoms with Crippen LogP contribution in [0.5, 0.6) is 0 Å². The molecule has 1 nitrogen and oxygen atoms in total. The van der Waals surface area contributed by atoms with Gasteiger partial charge >= 0.3 is 0 Å². The molecule has 0 amide bonds. The van der Waals surface area contributed by atoms with Crippen LogP contribution < -0.4 is 0 Å². The Kier molecular flexibility index (Phi) is 1.88. The zero-order valence-corrected chi connectivity index (χ0v) is 8.44. The van der Waals surface area contributed by atoms with Crippen LogP contribution in [0.3, 0.4) is 0 Å². The van der Waals surface area contributed by atoms with Crippen molar-refractivity contribution in [1.29, 1.82) is 5.26 Å². The lowest BCUT2D eigenvalue weighted by atomic mass is 9.98. The van der Waals surface area contributed by atoms with Crippen LogP contribution in [0, 0.1) is 17.1 Å². The number of nitriles is 1. The standard InChI is InChI=1S/C10H7BrFN/c11-9-5-7(12)1-2-8(9)10(6-13)3-4-10/h1-2,5H,3-4H2. The van der Waals surface area contributed by atoms with Gasteiger partial charge in [-0.05, 0) is 30.5 Å². The van der Waals surface area contributed by atoms with Crippen molar-refractivity contribution in [3.05, 3.63) is 34.1 Å². The largest absolute Gasteiger partial charge is 0.207 e. The molecule has 0 unspecified atom stereocenters. The molecule has 1 aromatic rings. The van der Waals surface area contributed by atoms with Gasteiger partial charge < -0.3 is 0 Å². The van der Waals surface area contributed by atoms with E-state index in [-0.39, 0.29) is 11.2 Å². The van der Waals surface area contributed by atoms with Crippen molar-refractivity contribution >= 4 is 15.9 Å². The fourth-order valence-electron chi connectivity index (χ4n) is 1.44. The maximum Gasteiger partial charge on any atom is 0.124 e. The highest BCUT2D eigenvalue weighted by atomic mass is 79.9. The van der Waals surface area contributed by atoms with Crippen molar-refractivity contribution in [2.24, 2.45) is 0 Å². The second-order valence-corrected chi connectivity index (χ2v) is 4.17. The molecule has 0 bridgehead atoms. The van der Waals surface area contributed by atoms with Gasteiger partial charge in [0.15, 0.2) is 0 Å². The van der Waals surface area contributed by atoms with Crippen LogP contribution in [0.15, 0.2) is 22.7 Å². The summed E-state index contributed by atoms with van der Waals surface area (Å²) in [5.41, 5.74) is 0.573. The summed E-state index contributed by atoms with van der Waals surface area (Å²) in [5, 5.41) is 8.94. The van der Waals surface area contributed by atoms with E-state index in [9.17, 15) is 4.39 Å². The molecule has 1 aliphatic carbocycles. The molecule has 0 N–H and O–H groups in total. The highest BCUT2D eigenvalue weighted by molar-refractivity contribution is 9.10. The summed E-state index contributed by atoms with van der Waals surface area (Å²) in [5.74, 6) is -0.274. The normalized spacial score (nSPS) is 17.9. The third kappa shape index (κ3) is 1.36. The van der Waals surface area contributed by atoms with E-state index in [0.717, 1.165) is 18.4 Å². The number of benzene rings is 1. The lowest BCUT2D eigenvalue weighted by molar-refractivity contribution is 0.625. The number of hydrogen-bond donors (Lipinski definition) is 0. The summed E-state index contributed by atoms with van der Waals surface area (Å²) in [7, 11) is 0. The SMILES string of the molecule is N#CC1(c2ccc(F)cc2Br)CC1. The maximum atomic E-state index is 12.7. The molecule has 0 saturated heterocycles. The van der Waals surface area contributed by atoms with Crippen LogP contribution in [0.2, 0.25) is 0 Å². The van der Waals surface area contributed by atoms with E-state index in [4.69, 9.17) is 5.26 Å². The Morgan fingerprint density at radius 1 is 1.46 bits per heavy atom. The fourth-order valence-corrected chi connectivity index (χ4v) is 2.17. The molecule has 0 radical (unpaired) electrons. The molecule has 1 aliphatic rings. The molecule has 2 rings (SSSR count). The Balaban J connectivity index is 2.48. The summed E-state index contributed by atoms with van der Waals surface area (Å²) in [6, 6.07) is 6.78. The zero-order valence-electron chi connectivity index (χ0n) is 6.85. The highest BCUT2D eigenvalue weighted by Crippen LogP contribution is 2.49. The molecule has 0 heterocycles. The van der Waals surface area contributed by atoms with Crippen molar-refractivity contribution in [2.45, 2.75) is 18.3 Å². The lowest BCUT2D eigenvalue weighted by Gasteiger charge is -2.08. The summed E-state index contributed by atoms with van der Waals surface area (Å²) in [6.45, 7) is 0. The van der Waals surface area contributed by atoms with Gasteiger partial charge in [0.2, 0.25) is 0 Å². The minimum atomic E-state index is -0.341. The van der Waals surface area contributed by atoms with Crippen molar-refractivity contribution in [2.75, 3.05) is 0 Å². The molecule has 1 aromatic carbocycles. The maximum absolute atomic E-state index is 12.7. The molecule has 1 fully saturated rings.